The lowest BCUT2D eigenvalue weighted by Crippen LogP contribution is -2.53. The third-order valence-electron chi connectivity index (χ3n) is 2.82. The van der Waals surface area contributed by atoms with Gasteiger partial charge in [0, 0.05) is 18.4 Å². The van der Waals surface area contributed by atoms with Crippen molar-refractivity contribution in [3.05, 3.63) is 5.16 Å². The molecular formula is C11H27O2Si2. The van der Waals surface area contributed by atoms with E-state index < -0.39 is 16.6 Å². The molecule has 91 valence electrons. The van der Waals surface area contributed by atoms with Gasteiger partial charge < -0.3 is 8.85 Å². The summed E-state index contributed by atoms with van der Waals surface area (Å²) in [5, 5.41) is 1.60. The van der Waals surface area contributed by atoms with Crippen LogP contribution < -0.4 is 0 Å². The van der Waals surface area contributed by atoms with Gasteiger partial charge in [-0.15, -0.1) is 0 Å². The molecule has 0 aromatic rings. The van der Waals surface area contributed by atoms with Crippen molar-refractivity contribution in [2.75, 3.05) is 13.2 Å². The largest absolute Gasteiger partial charge is 0.417 e. The van der Waals surface area contributed by atoms with Crippen LogP contribution in [0.25, 0.3) is 0 Å². The molecule has 0 heterocycles. The van der Waals surface area contributed by atoms with E-state index in [1.54, 1.807) is 5.16 Å². The summed E-state index contributed by atoms with van der Waals surface area (Å²) in [6, 6.07) is 0. The fraction of sp³-hybridized carbons (Fsp3) is 0.909. The molecule has 4 heteroatoms. The summed E-state index contributed by atoms with van der Waals surface area (Å²) in [5.74, 6) is 0. The average Bonchev–Trinajstić information content (AvgIpc) is 2.02. The molecule has 15 heavy (non-hydrogen) atoms. The van der Waals surface area contributed by atoms with Crippen molar-refractivity contribution >= 4 is 16.6 Å². The molecule has 0 amide bonds. The van der Waals surface area contributed by atoms with E-state index in [-0.39, 0.29) is 0 Å². The summed E-state index contributed by atoms with van der Waals surface area (Å²) < 4.78 is 11.9. The van der Waals surface area contributed by atoms with E-state index in [1.807, 2.05) is 0 Å². The van der Waals surface area contributed by atoms with Crippen molar-refractivity contribution in [2.45, 2.75) is 53.4 Å². The quantitative estimate of drug-likeness (QED) is 0.641. The van der Waals surface area contributed by atoms with Crippen LogP contribution in [0.1, 0.15) is 27.2 Å². The lowest BCUT2D eigenvalue weighted by molar-refractivity contribution is 0.315. The Bertz CT molecular complexity index is 163. The maximum atomic E-state index is 5.97. The van der Waals surface area contributed by atoms with Gasteiger partial charge in [-0.05, 0) is 40.0 Å². The minimum absolute atomic E-state index is 0.819. The van der Waals surface area contributed by atoms with E-state index in [4.69, 9.17) is 8.85 Å². The number of hydrogen-bond donors (Lipinski definition) is 0. The summed E-state index contributed by atoms with van der Waals surface area (Å²) in [7, 11) is -3.30. The molecule has 0 aliphatic rings. The van der Waals surface area contributed by atoms with Crippen LogP contribution in [0.15, 0.2) is 0 Å². The molecule has 0 fully saturated rings. The Balaban J connectivity index is 4.72. The van der Waals surface area contributed by atoms with E-state index in [9.17, 15) is 0 Å². The average molecular weight is 248 g/mol. The summed E-state index contributed by atoms with van der Waals surface area (Å²) in [6.45, 7) is 17.2. The van der Waals surface area contributed by atoms with Gasteiger partial charge in [0.05, 0.1) is 0 Å². The van der Waals surface area contributed by atoms with Crippen LogP contribution in [0.4, 0.5) is 0 Å². The second-order valence-electron chi connectivity index (χ2n) is 4.72. The van der Waals surface area contributed by atoms with Crippen LogP contribution in [-0.2, 0) is 8.85 Å². The van der Waals surface area contributed by atoms with E-state index in [0.717, 1.165) is 19.6 Å². The smallest absolute Gasteiger partial charge is 0.192 e. The monoisotopic (exact) mass is 247 g/mol. The summed E-state index contributed by atoms with van der Waals surface area (Å²) in [4.78, 5) is 0. The molecule has 0 aromatic carbocycles. The Morgan fingerprint density at radius 3 is 1.33 bits per heavy atom. The first-order chi connectivity index (χ1) is 6.81. The first-order valence-electron chi connectivity index (χ1n) is 5.96. The first-order valence-corrected chi connectivity index (χ1v) is 11.8. The molecule has 0 rings (SSSR count). The molecule has 0 N–H and O–H groups in total. The van der Waals surface area contributed by atoms with E-state index >= 15 is 0 Å². The van der Waals surface area contributed by atoms with Gasteiger partial charge >= 0.3 is 0 Å². The Morgan fingerprint density at radius 2 is 1.13 bits per heavy atom. The van der Waals surface area contributed by atoms with Crippen molar-refractivity contribution in [1.29, 1.82) is 0 Å². The normalized spacial score (nSPS) is 13.6. The highest BCUT2D eigenvalue weighted by Crippen LogP contribution is 2.32. The van der Waals surface area contributed by atoms with Crippen LogP contribution in [-0.4, -0.2) is 29.8 Å². The van der Waals surface area contributed by atoms with Crippen molar-refractivity contribution in [3.8, 4) is 0 Å². The standard InChI is InChI=1S/C11H27O2Si2/c1-8-11(14(4,5)12-9-2)15(6,7)13-10-3/h8-10H2,1-7H3. The fourth-order valence-corrected chi connectivity index (χ4v) is 12.2. The van der Waals surface area contributed by atoms with Crippen LogP contribution in [0.2, 0.25) is 26.2 Å². The van der Waals surface area contributed by atoms with E-state index in [2.05, 4.69) is 47.0 Å². The molecule has 1 radical (unpaired) electrons. The molecule has 0 saturated carbocycles. The van der Waals surface area contributed by atoms with Gasteiger partial charge in [0.2, 0.25) is 0 Å². The van der Waals surface area contributed by atoms with Crippen LogP contribution >= 0.6 is 0 Å². The van der Waals surface area contributed by atoms with Crippen molar-refractivity contribution < 1.29 is 8.85 Å². The van der Waals surface area contributed by atoms with Crippen molar-refractivity contribution in [1.82, 2.24) is 0 Å². The predicted molar refractivity (Wildman–Crippen MR) is 71.8 cm³/mol. The molecule has 0 unspecified atom stereocenters. The maximum Gasteiger partial charge on any atom is 0.192 e. The molecule has 2 nitrogen and oxygen atoms in total. The molecule has 0 aliphatic heterocycles. The molecular weight excluding hydrogens is 220 g/mol. The van der Waals surface area contributed by atoms with Gasteiger partial charge in [0.15, 0.2) is 16.6 Å². The van der Waals surface area contributed by atoms with Gasteiger partial charge in [-0.2, -0.15) is 0 Å². The highest BCUT2D eigenvalue weighted by atomic mass is 28.4. The summed E-state index contributed by atoms with van der Waals surface area (Å²) in [5.41, 5.74) is 0. The predicted octanol–water partition coefficient (Wildman–Crippen LogP) is 3.53. The minimum atomic E-state index is -1.65. The van der Waals surface area contributed by atoms with Gasteiger partial charge in [0.25, 0.3) is 0 Å². The van der Waals surface area contributed by atoms with E-state index in [1.165, 1.54) is 0 Å². The van der Waals surface area contributed by atoms with Gasteiger partial charge in [-0.3, -0.25) is 0 Å². The Hall–Kier alpha value is 0.354. The van der Waals surface area contributed by atoms with Crippen LogP contribution in [0.5, 0.6) is 0 Å². The van der Waals surface area contributed by atoms with Gasteiger partial charge in [0.1, 0.15) is 0 Å². The Morgan fingerprint density at radius 1 is 0.800 bits per heavy atom. The minimum Gasteiger partial charge on any atom is -0.417 e. The molecule has 0 aromatic heterocycles. The van der Waals surface area contributed by atoms with Crippen LogP contribution in [0, 0.1) is 5.16 Å². The molecule has 0 atom stereocenters. The van der Waals surface area contributed by atoms with Crippen LogP contribution in [0.3, 0.4) is 0 Å². The lowest BCUT2D eigenvalue weighted by Gasteiger charge is -2.39. The first kappa shape index (κ1) is 15.4. The lowest BCUT2D eigenvalue weighted by atomic mass is 10.6. The molecule has 0 saturated heterocycles. The second-order valence-corrected chi connectivity index (χ2v) is 13.0. The zero-order valence-electron chi connectivity index (χ0n) is 11.4. The third kappa shape index (κ3) is 4.38. The van der Waals surface area contributed by atoms with E-state index in [0.29, 0.717) is 0 Å². The summed E-state index contributed by atoms with van der Waals surface area (Å²) in [6.07, 6.45) is 1.11. The molecule has 0 aliphatic carbocycles. The SMILES string of the molecule is CCO[Si](C)(C)[C](CC)[Si](C)(C)OCC. The van der Waals surface area contributed by atoms with Gasteiger partial charge in [-0.1, -0.05) is 13.3 Å². The summed E-state index contributed by atoms with van der Waals surface area (Å²) >= 11 is 0. The zero-order chi connectivity index (χ0) is 12.1. The molecule has 0 spiro atoms. The molecule has 0 bridgehead atoms. The Kier molecular flexibility index (Phi) is 6.32. The third-order valence-corrected chi connectivity index (χ3v) is 12.1. The number of hydrogen-bond acceptors (Lipinski definition) is 2. The Labute approximate surface area is 97.6 Å². The maximum absolute atomic E-state index is 5.97. The highest BCUT2D eigenvalue weighted by Gasteiger charge is 2.45. The highest BCUT2D eigenvalue weighted by molar-refractivity contribution is 6.98. The topological polar surface area (TPSA) is 18.5 Å². The van der Waals surface area contributed by atoms with Crippen molar-refractivity contribution in [3.63, 3.8) is 0 Å². The zero-order valence-corrected chi connectivity index (χ0v) is 13.4. The fourth-order valence-electron chi connectivity index (χ4n) is 2.47. The van der Waals surface area contributed by atoms with Gasteiger partial charge in [-0.25, -0.2) is 0 Å². The number of rotatable bonds is 7. The second kappa shape index (κ2) is 6.18. The van der Waals surface area contributed by atoms with Crippen molar-refractivity contribution in [2.24, 2.45) is 0 Å².